The number of hydrogen-bond acceptors (Lipinski definition) is 3. The third-order valence-corrected chi connectivity index (χ3v) is 1.38. The van der Waals surface area contributed by atoms with Gasteiger partial charge >= 0.3 is 6.01 Å². The highest BCUT2D eigenvalue weighted by atomic mass is 19.1. The number of carbonyl (C=O) groups is 1. The Bertz CT molecular complexity index is 314. The third kappa shape index (κ3) is 2.54. The zero-order valence-electron chi connectivity index (χ0n) is 7.72. The number of hydrogen-bond donors (Lipinski definition) is 1. The number of aryl methyl sites for hydroxylation is 1. The van der Waals surface area contributed by atoms with E-state index in [9.17, 15) is 9.18 Å². The maximum Gasteiger partial charge on any atom is 0.301 e. The van der Waals surface area contributed by atoms with Gasteiger partial charge in [-0.05, 0) is 20.8 Å². The molecule has 13 heavy (non-hydrogen) atoms. The van der Waals surface area contributed by atoms with E-state index in [1.807, 2.05) is 0 Å². The van der Waals surface area contributed by atoms with E-state index in [-0.39, 0.29) is 6.01 Å². The summed E-state index contributed by atoms with van der Waals surface area (Å²) in [5.74, 6) is -0.769. The van der Waals surface area contributed by atoms with Crippen LogP contribution in [0.1, 0.15) is 19.5 Å². The van der Waals surface area contributed by atoms with Crippen LogP contribution in [-0.4, -0.2) is 16.6 Å². The molecule has 4 nitrogen and oxygen atoms in total. The van der Waals surface area contributed by atoms with Gasteiger partial charge in [0.15, 0.2) is 5.67 Å². The predicted molar refractivity (Wildman–Crippen MR) is 45.1 cm³/mol. The van der Waals surface area contributed by atoms with Crippen molar-refractivity contribution >= 4 is 11.9 Å². The molecule has 1 heterocycles. The second kappa shape index (κ2) is 3.16. The molecule has 0 aliphatic heterocycles. The monoisotopic (exact) mass is 186 g/mol. The number of nitrogens with zero attached hydrogens (tertiary/aromatic N) is 1. The number of amides is 1. The first-order valence-electron chi connectivity index (χ1n) is 3.82. The van der Waals surface area contributed by atoms with Crippen molar-refractivity contribution in [3.63, 3.8) is 0 Å². The average Bonchev–Trinajstić information content (AvgIpc) is 2.33. The minimum absolute atomic E-state index is 0.0215. The Kier molecular flexibility index (Phi) is 2.36. The molecule has 1 aromatic heterocycles. The lowest BCUT2D eigenvalue weighted by atomic mass is 10.1. The first-order valence-corrected chi connectivity index (χ1v) is 3.82. The summed E-state index contributed by atoms with van der Waals surface area (Å²) in [5, 5.41) is 2.21. The topological polar surface area (TPSA) is 55.1 Å². The summed E-state index contributed by atoms with van der Waals surface area (Å²) in [6.45, 7) is 4.04. The zero-order chi connectivity index (χ0) is 10.1. The van der Waals surface area contributed by atoms with Gasteiger partial charge in [-0.15, -0.1) is 0 Å². The minimum atomic E-state index is -1.93. The van der Waals surface area contributed by atoms with E-state index >= 15 is 0 Å². The van der Waals surface area contributed by atoms with Crippen LogP contribution in [0, 0.1) is 6.92 Å². The molecule has 0 atom stereocenters. The molecular weight excluding hydrogens is 175 g/mol. The summed E-state index contributed by atoms with van der Waals surface area (Å²) in [7, 11) is 0. The fourth-order valence-electron chi connectivity index (χ4n) is 0.657. The molecule has 0 unspecified atom stereocenters. The highest BCUT2D eigenvalue weighted by Crippen LogP contribution is 2.13. The van der Waals surface area contributed by atoms with E-state index in [0.717, 1.165) is 13.8 Å². The van der Waals surface area contributed by atoms with Crippen molar-refractivity contribution in [3.8, 4) is 0 Å². The third-order valence-electron chi connectivity index (χ3n) is 1.38. The fourth-order valence-corrected chi connectivity index (χ4v) is 0.657. The first kappa shape index (κ1) is 9.70. The van der Waals surface area contributed by atoms with E-state index < -0.39 is 11.6 Å². The number of carbonyl (C=O) groups excluding carboxylic acids is 1. The molecule has 0 fully saturated rings. The number of alkyl halides is 1. The Labute approximate surface area is 75.1 Å². The molecule has 0 aliphatic rings. The van der Waals surface area contributed by atoms with Gasteiger partial charge in [0.25, 0.3) is 5.91 Å². The van der Waals surface area contributed by atoms with Crippen LogP contribution in [0.4, 0.5) is 10.4 Å². The van der Waals surface area contributed by atoms with Gasteiger partial charge in [0.1, 0.15) is 6.26 Å². The van der Waals surface area contributed by atoms with Gasteiger partial charge in [0, 0.05) is 0 Å². The van der Waals surface area contributed by atoms with Crippen LogP contribution in [0.5, 0.6) is 0 Å². The molecule has 72 valence electrons. The van der Waals surface area contributed by atoms with Crippen LogP contribution >= 0.6 is 0 Å². The Morgan fingerprint density at radius 3 is 2.69 bits per heavy atom. The first-order chi connectivity index (χ1) is 5.89. The SMILES string of the molecule is Cc1coc(NC(=O)C(C)(C)F)n1. The quantitative estimate of drug-likeness (QED) is 0.764. The van der Waals surface area contributed by atoms with E-state index in [0.29, 0.717) is 5.69 Å². The number of aromatic nitrogens is 1. The van der Waals surface area contributed by atoms with Crippen LogP contribution < -0.4 is 5.32 Å². The Morgan fingerprint density at radius 2 is 2.31 bits per heavy atom. The van der Waals surface area contributed by atoms with Gasteiger partial charge in [-0.2, -0.15) is 4.98 Å². The highest BCUT2D eigenvalue weighted by molar-refractivity contribution is 5.94. The molecule has 0 saturated heterocycles. The number of oxazole rings is 1. The smallest absolute Gasteiger partial charge is 0.301 e. The zero-order valence-corrected chi connectivity index (χ0v) is 7.72. The highest BCUT2D eigenvalue weighted by Gasteiger charge is 2.27. The van der Waals surface area contributed by atoms with Gasteiger partial charge < -0.3 is 4.42 Å². The minimum Gasteiger partial charge on any atom is -0.432 e. The second-order valence-corrected chi connectivity index (χ2v) is 3.22. The predicted octanol–water partition coefficient (Wildman–Crippen LogP) is 1.67. The molecule has 5 heteroatoms. The van der Waals surface area contributed by atoms with Crippen LogP contribution in [-0.2, 0) is 4.79 Å². The van der Waals surface area contributed by atoms with Crippen molar-refractivity contribution < 1.29 is 13.6 Å². The molecule has 0 radical (unpaired) electrons. The second-order valence-electron chi connectivity index (χ2n) is 3.22. The Balaban J connectivity index is 2.65. The van der Waals surface area contributed by atoms with Crippen molar-refractivity contribution in [2.75, 3.05) is 5.32 Å². The molecular formula is C8H11FN2O2. The van der Waals surface area contributed by atoms with Crippen LogP contribution in [0.2, 0.25) is 0 Å². The normalized spacial score (nSPS) is 11.4. The molecule has 0 saturated carbocycles. The van der Waals surface area contributed by atoms with E-state index in [4.69, 9.17) is 4.42 Å². The van der Waals surface area contributed by atoms with Crippen molar-refractivity contribution in [1.29, 1.82) is 0 Å². The van der Waals surface area contributed by atoms with Crippen LogP contribution in [0.3, 0.4) is 0 Å². The van der Waals surface area contributed by atoms with E-state index in [1.54, 1.807) is 6.92 Å². The van der Waals surface area contributed by atoms with Crippen molar-refractivity contribution in [2.24, 2.45) is 0 Å². The average molecular weight is 186 g/mol. The van der Waals surface area contributed by atoms with Crippen molar-refractivity contribution in [3.05, 3.63) is 12.0 Å². The Hall–Kier alpha value is -1.39. The van der Waals surface area contributed by atoms with Gasteiger partial charge in [0.2, 0.25) is 0 Å². The molecule has 1 rings (SSSR count). The fraction of sp³-hybridized carbons (Fsp3) is 0.500. The summed E-state index contributed by atoms with van der Waals surface area (Å²) in [6, 6.07) is 0.0215. The largest absolute Gasteiger partial charge is 0.432 e. The maximum atomic E-state index is 13.0. The van der Waals surface area contributed by atoms with Crippen molar-refractivity contribution in [1.82, 2.24) is 4.98 Å². The van der Waals surface area contributed by atoms with Crippen LogP contribution in [0.25, 0.3) is 0 Å². The molecule has 1 aromatic rings. The maximum absolute atomic E-state index is 13.0. The number of halogens is 1. The van der Waals surface area contributed by atoms with Gasteiger partial charge in [-0.25, -0.2) is 4.39 Å². The Morgan fingerprint density at radius 1 is 1.69 bits per heavy atom. The number of rotatable bonds is 2. The van der Waals surface area contributed by atoms with Gasteiger partial charge in [-0.3, -0.25) is 10.1 Å². The summed E-state index contributed by atoms with van der Waals surface area (Å²) in [5.41, 5.74) is -1.30. The van der Waals surface area contributed by atoms with Crippen molar-refractivity contribution in [2.45, 2.75) is 26.4 Å². The number of nitrogens with one attached hydrogen (secondary N) is 1. The molecule has 0 aromatic carbocycles. The lowest BCUT2D eigenvalue weighted by molar-refractivity contribution is -0.125. The van der Waals surface area contributed by atoms with Crippen LogP contribution in [0.15, 0.2) is 10.7 Å². The van der Waals surface area contributed by atoms with E-state index in [1.165, 1.54) is 6.26 Å². The summed E-state index contributed by atoms with van der Waals surface area (Å²) in [6.07, 6.45) is 1.38. The molecule has 1 amide bonds. The summed E-state index contributed by atoms with van der Waals surface area (Å²) in [4.78, 5) is 14.9. The van der Waals surface area contributed by atoms with Gasteiger partial charge in [-0.1, -0.05) is 0 Å². The van der Waals surface area contributed by atoms with Gasteiger partial charge in [0.05, 0.1) is 5.69 Å². The summed E-state index contributed by atoms with van der Waals surface area (Å²) >= 11 is 0. The lowest BCUT2D eigenvalue weighted by Crippen LogP contribution is -2.32. The molecule has 1 N–H and O–H groups in total. The lowest BCUT2D eigenvalue weighted by Gasteiger charge is -2.11. The molecule has 0 bridgehead atoms. The standard InChI is InChI=1S/C8H11FN2O2/c1-5-4-13-7(10-5)11-6(12)8(2,3)9/h4H,1-3H3,(H,10,11,12). The summed E-state index contributed by atoms with van der Waals surface area (Å²) < 4.78 is 17.8. The number of anilines is 1. The molecule has 0 aliphatic carbocycles. The van der Waals surface area contributed by atoms with E-state index in [2.05, 4.69) is 10.3 Å². The molecule has 0 spiro atoms.